The van der Waals surface area contributed by atoms with Crippen molar-refractivity contribution in [2.24, 2.45) is 16.7 Å². The Morgan fingerprint density at radius 3 is 2.17 bits per heavy atom. The second-order valence-corrected chi connectivity index (χ2v) is 8.25. The molecule has 0 nitrogen and oxygen atoms in total. The topological polar surface area (TPSA) is 0 Å². The van der Waals surface area contributed by atoms with Crippen LogP contribution in [0.25, 0.3) is 0 Å². The van der Waals surface area contributed by atoms with Gasteiger partial charge in [-0.1, -0.05) is 67.4 Å². The SMILES string of the molecule is Cc1ccc(C)c(CC(Br)C2C(C)(C)C2(C)C)c1. The number of hydrogen-bond acceptors (Lipinski definition) is 0. The standard InChI is InChI=1S/C17H25Br/c1-11-7-8-12(2)13(9-11)10-14(18)15-16(3,4)17(15,5)6/h7-9,14-15H,10H2,1-6H3. The molecule has 0 N–H and O–H groups in total. The summed E-state index contributed by atoms with van der Waals surface area (Å²) in [6, 6.07) is 6.78. The molecule has 2 rings (SSSR count). The van der Waals surface area contributed by atoms with E-state index in [1.54, 1.807) is 0 Å². The molecule has 1 aromatic rings. The van der Waals surface area contributed by atoms with E-state index in [2.05, 4.69) is 75.7 Å². The summed E-state index contributed by atoms with van der Waals surface area (Å²) in [7, 11) is 0. The van der Waals surface area contributed by atoms with E-state index in [4.69, 9.17) is 0 Å². The summed E-state index contributed by atoms with van der Waals surface area (Å²) in [5.41, 5.74) is 5.19. The third-order valence-electron chi connectivity index (χ3n) is 5.41. The smallest absolute Gasteiger partial charge is 0.0225 e. The van der Waals surface area contributed by atoms with Crippen molar-refractivity contribution >= 4 is 15.9 Å². The Morgan fingerprint density at radius 2 is 1.67 bits per heavy atom. The lowest BCUT2D eigenvalue weighted by Crippen LogP contribution is -2.11. The Hall–Kier alpha value is -0.300. The number of rotatable bonds is 3. The minimum atomic E-state index is 0.457. The molecule has 1 heteroatoms. The molecule has 1 fully saturated rings. The van der Waals surface area contributed by atoms with Crippen LogP contribution in [0.3, 0.4) is 0 Å². The van der Waals surface area contributed by atoms with Crippen molar-refractivity contribution in [3.63, 3.8) is 0 Å². The van der Waals surface area contributed by atoms with Gasteiger partial charge in [0.2, 0.25) is 0 Å². The maximum absolute atomic E-state index is 3.95. The van der Waals surface area contributed by atoms with E-state index in [1.807, 2.05) is 0 Å². The molecule has 0 aliphatic heterocycles. The highest BCUT2D eigenvalue weighted by Crippen LogP contribution is 2.71. The van der Waals surface area contributed by atoms with Crippen LogP contribution in [-0.2, 0) is 6.42 Å². The van der Waals surface area contributed by atoms with Gasteiger partial charge in [0, 0.05) is 4.83 Å². The number of aryl methyl sites for hydroxylation is 2. The normalized spacial score (nSPS) is 22.8. The monoisotopic (exact) mass is 308 g/mol. The third-order valence-corrected chi connectivity index (χ3v) is 6.27. The molecule has 18 heavy (non-hydrogen) atoms. The van der Waals surface area contributed by atoms with Crippen molar-refractivity contribution < 1.29 is 0 Å². The van der Waals surface area contributed by atoms with Crippen LogP contribution in [0.5, 0.6) is 0 Å². The Bertz CT molecular complexity index is 443. The van der Waals surface area contributed by atoms with Gasteiger partial charge in [0.05, 0.1) is 0 Å². The molecule has 1 aromatic carbocycles. The molecule has 1 atom stereocenters. The lowest BCUT2D eigenvalue weighted by atomic mass is 9.97. The minimum Gasteiger partial charge on any atom is -0.0884 e. The summed E-state index contributed by atoms with van der Waals surface area (Å²) in [6.07, 6.45) is 1.14. The lowest BCUT2D eigenvalue weighted by molar-refractivity contribution is 0.457. The molecular weight excluding hydrogens is 284 g/mol. The van der Waals surface area contributed by atoms with E-state index in [9.17, 15) is 0 Å². The predicted molar refractivity (Wildman–Crippen MR) is 83.4 cm³/mol. The molecule has 0 spiro atoms. The molecule has 0 heterocycles. The van der Waals surface area contributed by atoms with Gasteiger partial charge < -0.3 is 0 Å². The molecule has 0 amide bonds. The number of halogens is 1. The zero-order valence-corrected chi connectivity index (χ0v) is 14.1. The second kappa shape index (κ2) is 4.37. The van der Waals surface area contributed by atoms with Crippen molar-refractivity contribution in [1.29, 1.82) is 0 Å². The van der Waals surface area contributed by atoms with Crippen LogP contribution in [0.1, 0.15) is 44.4 Å². The Morgan fingerprint density at radius 1 is 1.11 bits per heavy atom. The fraction of sp³-hybridized carbons (Fsp3) is 0.647. The van der Waals surface area contributed by atoms with E-state index < -0.39 is 0 Å². The van der Waals surface area contributed by atoms with Gasteiger partial charge in [-0.15, -0.1) is 0 Å². The van der Waals surface area contributed by atoms with Gasteiger partial charge in [0.15, 0.2) is 0 Å². The van der Waals surface area contributed by atoms with Gasteiger partial charge in [-0.3, -0.25) is 0 Å². The Kier molecular flexibility index (Phi) is 3.43. The first-order valence-electron chi connectivity index (χ1n) is 6.88. The van der Waals surface area contributed by atoms with E-state index in [0.717, 1.165) is 12.3 Å². The van der Waals surface area contributed by atoms with Gasteiger partial charge in [0.1, 0.15) is 0 Å². The average Bonchev–Trinajstić information content (AvgIpc) is 2.63. The summed E-state index contributed by atoms with van der Waals surface area (Å²) < 4.78 is 0. The van der Waals surface area contributed by atoms with Gasteiger partial charge in [0.25, 0.3) is 0 Å². The molecule has 0 bridgehead atoms. The highest BCUT2D eigenvalue weighted by Gasteiger charge is 2.66. The molecular formula is C17H25Br. The first-order chi connectivity index (χ1) is 8.18. The first kappa shape index (κ1) is 14.1. The zero-order chi connectivity index (χ0) is 13.7. The summed E-state index contributed by atoms with van der Waals surface area (Å²) in [5.74, 6) is 0.768. The van der Waals surface area contributed by atoms with Crippen LogP contribution in [0.4, 0.5) is 0 Å². The fourth-order valence-electron chi connectivity index (χ4n) is 3.50. The van der Waals surface area contributed by atoms with Crippen molar-refractivity contribution in [2.75, 3.05) is 0 Å². The average molecular weight is 309 g/mol. The van der Waals surface area contributed by atoms with Crippen LogP contribution in [0.2, 0.25) is 0 Å². The Balaban J connectivity index is 2.14. The van der Waals surface area contributed by atoms with Gasteiger partial charge in [-0.25, -0.2) is 0 Å². The highest BCUT2D eigenvalue weighted by atomic mass is 79.9. The minimum absolute atomic E-state index is 0.457. The summed E-state index contributed by atoms with van der Waals surface area (Å²) in [5, 5.41) is 0. The molecule has 0 aromatic heterocycles. The van der Waals surface area contributed by atoms with Crippen LogP contribution >= 0.6 is 15.9 Å². The fourth-order valence-corrected chi connectivity index (χ4v) is 5.17. The molecule has 1 saturated carbocycles. The van der Waals surface area contributed by atoms with E-state index in [-0.39, 0.29) is 0 Å². The van der Waals surface area contributed by atoms with E-state index >= 15 is 0 Å². The lowest BCUT2D eigenvalue weighted by Gasteiger charge is -2.14. The number of benzene rings is 1. The van der Waals surface area contributed by atoms with E-state index in [0.29, 0.717) is 15.7 Å². The quantitative estimate of drug-likeness (QED) is 0.665. The number of hydrogen-bond donors (Lipinski definition) is 0. The van der Waals surface area contributed by atoms with E-state index in [1.165, 1.54) is 16.7 Å². The van der Waals surface area contributed by atoms with Crippen LogP contribution < -0.4 is 0 Å². The maximum atomic E-state index is 3.95. The second-order valence-electron chi connectivity index (χ2n) is 7.07. The molecule has 1 aliphatic rings. The van der Waals surface area contributed by atoms with Crippen molar-refractivity contribution in [3.8, 4) is 0 Å². The van der Waals surface area contributed by atoms with Crippen molar-refractivity contribution in [2.45, 2.75) is 52.8 Å². The number of alkyl halides is 1. The zero-order valence-electron chi connectivity index (χ0n) is 12.5. The van der Waals surface area contributed by atoms with Crippen LogP contribution in [0.15, 0.2) is 18.2 Å². The molecule has 0 saturated heterocycles. The van der Waals surface area contributed by atoms with Crippen molar-refractivity contribution in [1.82, 2.24) is 0 Å². The largest absolute Gasteiger partial charge is 0.0884 e. The van der Waals surface area contributed by atoms with Crippen LogP contribution in [-0.4, -0.2) is 4.83 Å². The van der Waals surface area contributed by atoms with Gasteiger partial charge in [-0.2, -0.15) is 0 Å². The van der Waals surface area contributed by atoms with Gasteiger partial charge in [-0.05, 0) is 48.1 Å². The highest BCUT2D eigenvalue weighted by molar-refractivity contribution is 9.09. The summed E-state index contributed by atoms with van der Waals surface area (Å²) >= 11 is 3.95. The molecule has 0 radical (unpaired) electrons. The molecule has 100 valence electrons. The third kappa shape index (κ3) is 2.15. The summed E-state index contributed by atoms with van der Waals surface area (Å²) in [6.45, 7) is 14.0. The predicted octanol–water partition coefficient (Wildman–Crippen LogP) is 5.29. The first-order valence-corrected chi connectivity index (χ1v) is 7.79. The van der Waals surface area contributed by atoms with Crippen molar-refractivity contribution in [3.05, 3.63) is 34.9 Å². The van der Waals surface area contributed by atoms with Crippen LogP contribution in [0, 0.1) is 30.6 Å². The molecule has 1 unspecified atom stereocenters. The maximum Gasteiger partial charge on any atom is 0.0225 e. The molecule has 1 aliphatic carbocycles. The van der Waals surface area contributed by atoms with Gasteiger partial charge >= 0.3 is 0 Å². The summed E-state index contributed by atoms with van der Waals surface area (Å²) in [4.78, 5) is 0.586. The Labute approximate surface area is 120 Å².